The number of hydrogen-bond acceptors (Lipinski definition) is 2. The Bertz CT molecular complexity index is 506. The molecular weight excluding hydrogens is 236 g/mol. The van der Waals surface area contributed by atoms with E-state index in [-0.39, 0.29) is 5.56 Å². The summed E-state index contributed by atoms with van der Waals surface area (Å²) in [6.07, 6.45) is 10.5. The van der Waals surface area contributed by atoms with E-state index in [1.54, 1.807) is 0 Å². The highest BCUT2D eigenvalue weighted by Crippen LogP contribution is 2.36. The van der Waals surface area contributed by atoms with Crippen LogP contribution in [0.15, 0.2) is 4.79 Å². The molecule has 1 saturated carbocycles. The Balaban J connectivity index is 1.88. The second kappa shape index (κ2) is 5.48. The highest BCUT2D eigenvalue weighted by Gasteiger charge is 2.25. The van der Waals surface area contributed by atoms with Gasteiger partial charge >= 0.3 is 0 Å². The summed E-state index contributed by atoms with van der Waals surface area (Å²) in [7, 11) is 0. The molecule has 19 heavy (non-hydrogen) atoms. The molecule has 1 fully saturated rings. The van der Waals surface area contributed by atoms with Crippen molar-refractivity contribution in [2.45, 2.75) is 70.6 Å². The van der Waals surface area contributed by atoms with E-state index in [4.69, 9.17) is 4.98 Å². The van der Waals surface area contributed by atoms with Crippen LogP contribution in [0, 0.1) is 5.92 Å². The van der Waals surface area contributed by atoms with Crippen molar-refractivity contribution in [2.24, 2.45) is 5.92 Å². The minimum atomic E-state index is 0.137. The van der Waals surface area contributed by atoms with Crippen molar-refractivity contribution in [3.8, 4) is 0 Å². The number of hydrogen-bond donors (Lipinski definition) is 1. The molecule has 3 heteroatoms. The van der Waals surface area contributed by atoms with Crippen LogP contribution in [0.3, 0.4) is 0 Å². The summed E-state index contributed by atoms with van der Waals surface area (Å²) in [5.74, 6) is 2.28. The van der Waals surface area contributed by atoms with E-state index in [1.165, 1.54) is 38.5 Å². The number of aryl methyl sites for hydroxylation is 1. The Morgan fingerprint density at radius 1 is 1.21 bits per heavy atom. The summed E-state index contributed by atoms with van der Waals surface area (Å²) in [6.45, 7) is 2.27. The summed E-state index contributed by atoms with van der Waals surface area (Å²) < 4.78 is 0. The maximum atomic E-state index is 12.2. The lowest BCUT2D eigenvalue weighted by atomic mass is 9.79. The molecule has 1 aromatic heterocycles. The van der Waals surface area contributed by atoms with Gasteiger partial charge in [0.25, 0.3) is 5.56 Å². The van der Waals surface area contributed by atoms with E-state index in [0.717, 1.165) is 42.3 Å². The van der Waals surface area contributed by atoms with Gasteiger partial charge in [0.2, 0.25) is 0 Å². The van der Waals surface area contributed by atoms with Gasteiger partial charge in [0.15, 0.2) is 0 Å². The third-order valence-corrected chi connectivity index (χ3v) is 4.96. The first-order valence-electron chi connectivity index (χ1n) is 7.90. The maximum Gasteiger partial charge on any atom is 0.254 e. The van der Waals surface area contributed by atoms with Gasteiger partial charge in [-0.1, -0.05) is 26.2 Å². The molecule has 2 aliphatic rings. The fourth-order valence-corrected chi connectivity index (χ4v) is 3.73. The van der Waals surface area contributed by atoms with Crippen molar-refractivity contribution >= 4 is 0 Å². The van der Waals surface area contributed by atoms with Crippen molar-refractivity contribution in [2.75, 3.05) is 0 Å². The number of rotatable bonds is 2. The molecule has 104 valence electrons. The van der Waals surface area contributed by atoms with Crippen LogP contribution in [0.25, 0.3) is 0 Å². The fraction of sp³-hybridized carbons (Fsp3) is 0.750. The maximum absolute atomic E-state index is 12.2. The molecule has 0 aromatic carbocycles. The molecule has 2 aliphatic carbocycles. The molecule has 0 amide bonds. The van der Waals surface area contributed by atoms with E-state index in [1.807, 2.05) is 0 Å². The lowest BCUT2D eigenvalue weighted by Gasteiger charge is -2.28. The lowest BCUT2D eigenvalue weighted by molar-refractivity contribution is 0.306. The first-order chi connectivity index (χ1) is 9.28. The monoisotopic (exact) mass is 260 g/mol. The summed E-state index contributed by atoms with van der Waals surface area (Å²) in [4.78, 5) is 20.1. The fourth-order valence-electron chi connectivity index (χ4n) is 3.73. The minimum Gasteiger partial charge on any atom is -0.310 e. The average molecular weight is 260 g/mol. The van der Waals surface area contributed by atoms with Crippen LogP contribution >= 0.6 is 0 Å². The second-order valence-electron chi connectivity index (χ2n) is 6.22. The van der Waals surface area contributed by atoms with Gasteiger partial charge in [-0.2, -0.15) is 0 Å². The molecule has 2 unspecified atom stereocenters. The van der Waals surface area contributed by atoms with Crippen molar-refractivity contribution in [1.82, 2.24) is 9.97 Å². The zero-order valence-corrected chi connectivity index (χ0v) is 11.9. The molecule has 0 aliphatic heterocycles. The zero-order valence-electron chi connectivity index (χ0n) is 11.9. The van der Waals surface area contributed by atoms with Gasteiger partial charge in [0.1, 0.15) is 5.82 Å². The van der Waals surface area contributed by atoms with Gasteiger partial charge in [-0.25, -0.2) is 4.98 Å². The van der Waals surface area contributed by atoms with Crippen molar-refractivity contribution in [3.63, 3.8) is 0 Å². The number of nitrogens with zero attached hydrogens (tertiary/aromatic N) is 1. The van der Waals surface area contributed by atoms with E-state index in [9.17, 15) is 4.79 Å². The Morgan fingerprint density at radius 2 is 2.05 bits per heavy atom. The number of nitrogens with one attached hydrogen (secondary N) is 1. The zero-order chi connectivity index (χ0) is 13.2. The lowest BCUT2D eigenvalue weighted by Crippen LogP contribution is -2.25. The predicted octanol–water partition coefficient (Wildman–Crippen LogP) is 3.33. The summed E-state index contributed by atoms with van der Waals surface area (Å²) in [6, 6.07) is 0. The summed E-state index contributed by atoms with van der Waals surface area (Å²) in [5.41, 5.74) is 2.18. The largest absolute Gasteiger partial charge is 0.310 e. The van der Waals surface area contributed by atoms with Crippen molar-refractivity contribution in [3.05, 3.63) is 27.4 Å². The number of H-pyrrole nitrogens is 1. The van der Waals surface area contributed by atoms with Crippen LogP contribution in [0.2, 0.25) is 0 Å². The molecule has 2 atom stereocenters. The Kier molecular flexibility index (Phi) is 3.72. The molecule has 0 bridgehead atoms. The molecule has 0 saturated heterocycles. The van der Waals surface area contributed by atoms with E-state index in [2.05, 4.69) is 11.9 Å². The summed E-state index contributed by atoms with van der Waals surface area (Å²) >= 11 is 0. The van der Waals surface area contributed by atoms with Crippen LogP contribution in [-0.4, -0.2) is 9.97 Å². The molecule has 0 spiro atoms. The van der Waals surface area contributed by atoms with Gasteiger partial charge in [0, 0.05) is 11.5 Å². The predicted molar refractivity (Wildman–Crippen MR) is 76.5 cm³/mol. The minimum absolute atomic E-state index is 0.137. The summed E-state index contributed by atoms with van der Waals surface area (Å²) in [5, 5.41) is 0. The first kappa shape index (κ1) is 12.9. The van der Waals surface area contributed by atoms with Gasteiger partial charge < -0.3 is 4.98 Å². The molecule has 1 aromatic rings. The van der Waals surface area contributed by atoms with Gasteiger partial charge in [-0.3, -0.25) is 4.79 Å². The Morgan fingerprint density at radius 3 is 2.89 bits per heavy atom. The topological polar surface area (TPSA) is 45.8 Å². The van der Waals surface area contributed by atoms with E-state index >= 15 is 0 Å². The molecule has 1 heterocycles. The normalized spacial score (nSPS) is 27.0. The number of aromatic nitrogens is 2. The molecule has 0 radical (unpaired) electrons. The van der Waals surface area contributed by atoms with E-state index < -0.39 is 0 Å². The first-order valence-corrected chi connectivity index (χ1v) is 7.90. The van der Waals surface area contributed by atoms with Crippen molar-refractivity contribution < 1.29 is 0 Å². The van der Waals surface area contributed by atoms with Crippen LogP contribution < -0.4 is 5.56 Å². The highest BCUT2D eigenvalue weighted by atomic mass is 16.1. The standard InChI is InChI=1S/C16H24N2O/c1-2-11-6-5-7-12(10-11)15-17-14-9-4-3-8-13(14)16(19)18-15/h11-12H,2-10H2,1H3,(H,17,18,19). The van der Waals surface area contributed by atoms with Gasteiger partial charge in [-0.15, -0.1) is 0 Å². The van der Waals surface area contributed by atoms with Gasteiger partial charge in [0.05, 0.1) is 5.69 Å². The highest BCUT2D eigenvalue weighted by molar-refractivity contribution is 5.21. The quantitative estimate of drug-likeness (QED) is 0.886. The smallest absolute Gasteiger partial charge is 0.254 e. The Hall–Kier alpha value is -1.12. The van der Waals surface area contributed by atoms with Crippen LogP contribution in [0.1, 0.15) is 74.9 Å². The average Bonchev–Trinajstić information content (AvgIpc) is 2.47. The molecule has 3 rings (SSSR count). The number of fused-ring (bicyclic) bond motifs is 1. The van der Waals surface area contributed by atoms with Crippen LogP contribution in [0.5, 0.6) is 0 Å². The Labute approximate surface area is 114 Å². The second-order valence-corrected chi connectivity index (χ2v) is 6.22. The molecule has 1 N–H and O–H groups in total. The number of aromatic amines is 1. The SMILES string of the molecule is CCC1CCCC(c2nc3c(c(=O)[nH]2)CCCC3)C1. The van der Waals surface area contributed by atoms with Crippen LogP contribution in [-0.2, 0) is 12.8 Å². The van der Waals surface area contributed by atoms with Gasteiger partial charge in [-0.05, 0) is 44.4 Å². The molecular formula is C16H24N2O. The van der Waals surface area contributed by atoms with Crippen molar-refractivity contribution in [1.29, 1.82) is 0 Å². The van der Waals surface area contributed by atoms with E-state index in [0.29, 0.717) is 5.92 Å². The molecule has 3 nitrogen and oxygen atoms in total. The third-order valence-electron chi connectivity index (χ3n) is 4.96. The third kappa shape index (κ3) is 2.60. The van der Waals surface area contributed by atoms with Crippen LogP contribution in [0.4, 0.5) is 0 Å².